The van der Waals surface area contributed by atoms with Crippen LogP contribution in [-0.4, -0.2) is 6.61 Å². The van der Waals surface area contributed by atoms with Crippen molar-refractivity contribution in [3.8, 4) is 5.75 Å². The normalized spacial score (nSPS) is 11.2. The molecular weight excluding hydrogens is 160 g/mol. The molecule has 0 saturated carbocycles. The minimum absolute atomic E-state index is 0.619. The Morgan fingerprint density at radius 1 is 1.15 bits per heavy atom. The van der Waals surface area contributed by atoms with Crippen LogP contribution < -0.4 is 4.74 Å². The number of rotatable bonds is 4. The molecule has 1 aromatic carbocycles. The summed E-state index contributed by atoms with van der Waals surface area (Å²) in [5.41, 5.74) is 0. The lowest BCUT2D eigenvalue weighted by atomic mass is 10.3. The molecule has 0 unspecified atom stereocenters. The molecule has 0 aliphatic carbocycles. The Morgan fingerprint density at radius 3 is 2.62 bits per heavy atom. The monoisotopic (exact) mass is 174 g/mol. The van der Waals surface area contributed by atoms with E-state index in [9.17, 15) is 0 Å². The average Bonchev–Trinajstić information content (AvgIpc) is 2.19. The molecule has 0 spiro atoms. The van der Waals surface area contributed by atoms with Crippen molar-refractivity contribution in [2.45, 2.75) is 6.92 Å². The highest BCUT2D eigenvalue weighted by Gasteiger charge is 1.85. The van der Waals surface area contributed by atoms with Crippen LogP contribution in [0.4, 0.5) is 0 Å². The summed E-state index contributed by atoms with van der Waals surface area (Å²) >= 11 is 0. The summed E-state index contributed by atoms with van der Waals surface area (Å²) in [4.78, 5) is 0. The van der Waals surface area contributed by atoms with Gasteiger partial charge in [-0.2, -0.15) is 0 Å². The lowest BCUT2D eigenvalue weighted by Crippen LogP contribution is -1.91. The third-order valence-electron chi connectivity index (χ3n) is 1.53. The van der Waals surface area contributed by atoms with Gasteiger partial charge in [-0.1, -0.05) is 36.4 Å². The molecule has 0 aromatic heterocycles. The van der Waals surface area contributed by atoms with E-state index in [4.69, 9.17) is 4.74 Å². The van der Waals surface area contributed by atoms with Crippen molar-refractivity contribution >= 4 is 0 Å². The van der Waals surface area contributed by atoms with Crippen molar-refractivity contribution in [3.05, 3.63) is 54.6 Å². The molecule has 1 nitrogen and oxygen atoms in total. The zero-order valence-electron chi connectivity index (χ0n) is 7.81. The maximum Gasteiger partial charge on any atom is 0.119 e. The SMILES string of the molecule is CC=CC=CCOc1ccccc1. The van der Waals surface area contributed by atoms with E-state index in [0.29, 0.717) is 6.61 Å². The van der Waals surface area contributed by atoms with E-state index in [2.05, 4.69) is 0 Å². The number of ether oxygens (including phenoxy) is 1. The Morgan fingerprint density at radius 2 is 1.92 bits per heavy atom. The molecule has 1 aromatic rings. The number of allylic oxidation sites excluding steroid dienone is 3. The van der Waals surface area contributed by atoms with Crippen molar-refractivity contribution < 1.29 is 4.74 Å². The van der Waals surface area contributed by atoms with Gasteiger partial charge < -0.3 is 4.74 Å². The smallest absolute Gasteiger partial charge is 0.119 e. The largest absolute Gasteiger partial charge is 0.490 e. The standard InChI is InChI=1S/C12H14O/c1-2-3-4-8-11-13-12-9-6-5-7-10-12/h2-10H,11H2,1H3. The van der Waals surface area contributed by atoms with E-state index in [1.54, 1.807) is 0 Å². The van der Waals surface area contributed by atoms with E-state index in [-0.39, 0.29) is 0 Å². The lowest BCUT2D eigenvalue weighted by Gasteiger charge is -2.00. The Balaban J connectivity index is 2.28. The van der Waals surface area contributed by atoms with Crippen molar-refractivity contribution in [1.82, 2.24) is 0 Å². The number of benzene rings is 1. The first-order valence-corrected chi connectivity index (χ1v) is 4.39. The van der Waals surface area contributed by atoms with Gasteiger partial charge in [-0.05, 0) is 25.1 Å². The van der Waals surface area contributed by atoms with Crippen molar-refractivity contribution in [3.63, 3.8) is 0 Å². The minimum atomic E-state index is 0.619. The van der Waals surface area contributed by atoms with Crippen LogP contribution in [-0.2, 0) is 0 Å². The highest BCUT2D eigenvalue weighted by atomic mass is 16.5. The van der Waals surface area contributed by atoms with Crippen LogP contribution in [0.1, 0.15) is 6.92 Å². The van der Waals surface area contributed by atoms with Gasteiger partial charge in [0.05, 0.1) is 0 Å². The molecule has 13 heavy (non-hydrogen) atoms. The van der Waals surface area contributed by atoms with Gasteiger partial charge in [0.25, 0.3) is 0 Å². The molecule has 0 aliphatic heterocycles. The van der Waals surface area contributed by atoms with E-state index in [1.165, 1.54) is 0 Å². The van der Waals surface area contributed by atoms with Crippen LogP contribution in [0.3, 0.4) is 0 Å². The van der Waals surface area contributed by atoms with E-state index in [0.717, 1.165) is 5.75 Å². The molecule has 0 radical (unpaired) electrons. The highest BCUT2D eigenvalue weighted by Crippen LogP contribution is 2.07. The van der Waals surface area contributed by atoms with Gasteiger partial charge >= 0.3 is 0 Å². The fourth-order valence-electron chi connectivity index (χ4n) is 0.906. The summed E-state index contributed by atoms with van der Waals surface area (Å²) in [7, 11) is 0. The lowest BCUT2D eigenvalue weighted by molar-refractivity contribution is 0.363. The molecule has 0 amide bonds. The molecule has 0 bridgehead atoms. The van der Waals surface area contributed by atoms with Crippen LogP contribution in [0.15, 0.2) is 54.6 Å². The van der Waals surface area contributed by atoms with Crippen molar-refractivity contribution in [1.29, 1.82) is 0 Å². The fraction of sp³-hybridized carbons (Fsp3) is 0.167. The minimum Gasteiger partial charge on any atom is -0.490 e. The molecule has 0 saturated heterocycles. The molecule has 0 atom stereocenters. The van der Waals surface area contributed by atoms with E-state index < -0.39 is 0 Å². The Hall–Kier alpha value is -1.50. The van der Waals surface area contributed by atoms with E-state index in [1.807, 2.05) is 61.6 Å². The predicted molar refractivity (Wildman–Crippen MR) is 55.9 cm³/mol. The van der Waals surface area contributed by atoms with Crippen LogP contribution in [0.25, 0.3) is 0 Å². The number of hydrogen-bond acceptors (Lipinski definition) is 1. The second-order valence-electron chi connectivity index (χ2n) is 2.58. The molecular formula is C12H14O. The zero-order chi connectivity index (χ0) is 9.36. The molecule has 0 aliphatic rings. The Bertz CT molecular complexity index is 272. The fourth-order valence-corrected chi connectivity index (χ4v) is 0.906. The van der Waals surface area contributed by atoms with Gasteiger partial charge in [0, 0.05) is 0 Å². The zero-order valence-corrected chi connectivity index (χ0v) is 7.81. The predicted octanol–water partition coefficient (Wildman–Crippen LogP) is 3.20. The quantitative estimate of drug-likeness (QED) is 0.637. The second-order valence-corrected chi connectivity index (χ2v) is 2.58. The summed E-state index contributed by atoms with van der Waals surface area (Å²) in [6, 6.07) is 9.80. The van der Waals surface area contributed by atoms with E-state index >= 15 is 0 Å². The Labute approximate surface area is 79.4 Å². The molecule has 1 heteroatoms. The van der Waals surface area contributed by atoms with Crippen LogP contribution in [0.5, 0.6) is 5.75 Å². The topological polar surface area (TPSA) is 9.23 Å². The van der Waals surface area contributed by atoms with Crippen LogP contribution in [0, 0.1) is 0 Å². The third-order valence-corrected chi connectivity index (χ3v) is 1.53. The molecule has 0 fully saturated rings. The summed E-state index contributed by atoms with van der Waals surface area (Å²) < 4.78 is 5.43. The third kappa shape index (κ3) is 4.16. The van der Waals surface area contributed by atoms with Gasteiger partial charge in [-0.25, -0.2) is 0 Å². The van der Waals surface area contributed by atoms with Crippen LogP contribution >= 0.6 is 0 Å². The van der Waals surface area contributed by atoms with Gasteiger partial charge in [-0.3, -0.25) is 0 Å². The maximum absolute atomic E-state index is 5.43. The molecule has 0 heterocycles. The first-order chi connectivity index (χ1) is 6.43. The first kappa shape index (κ1) is 9.59. The van der Waals surface area contributed by atoms with Crippen molar-refractivity contribution in [2.75, 3.05) is 6.61 Å². The summed E-state index contributed by atoms with van der Waals surface area (Å²) in [5.74, 6) is 0.910. The summed E-state index contributed by atoms with van der Waals surface area (Å²) in [6.07, 6.45) is 7.92. The van der Waals surface area contributed by atoms with Gasteiger partial charge in [-0.15, -0.1) is 0 Å². The van der Waals surface area contributed by atoms with Crippen molar-refractivity contribution in [2.24, 2.45) is 0 Å². The average molecular weight is 174 g/mol. The molecule has 1 rings (SSSR count). The van der Waals surface area contributed by atoms with Gasteiger partial charge in [0.1, 0.15) is 12.4 Å². The highest BCUT2D eigenvalue weighted by molar-refractivity contribution is 5.21. The molecule has 0 N–H and O–H groups in total. The summed E-state index contributed by atoms with van der Waals surface area (Å²) in [6.45, 7) is 2.61. The van der Waals surface area contributed by atoms with Gasteiger partial charge in [0.2, 0.25) is 0 Å². The summed E-state index contributed by atoms with van der Waals surface area (Å²) in [5, 5.41) is 0. The van der Waals surface area contributed by atoms with Gasteiger partial charge in [0.15, 0.2) is 0 Å². The number of para-hydroxylation sites is 1. The number of hydrogen-bond donors (Lipinski definition) is 0. The first-order valence-electron chi connectivity index (χ1n) is 4.39. The second kappa shape index (κ2) is 6.06. The molecule has 68 valence electrons. The van der Waals surface area contributed by atoms with Crippen LogP contribution in [0.2, 0.25) is 0 Å². The Kier molecular flexibility index (Phi) is 4.47. The maximum atomic E-state index is 5.43.